The molecule has 1 heterocycles. The Balaban J connectivity index is 1.94. The summed E-state index contributed by atoms with van der Waals surface area (Å²) in [6, 6.07) is 12.5. The molecule has 0 aliphatic carbocycles. The largest absolute Gasteiger partial charge is 0.451 e. The zero-order valence-electron chi connectivity index (χ0n) is 11.1. The number of halogens is 2. The fourth-order valence-corrected chi connectivity index (χ4v) is 2.45. The Morgan fingerprint density at radius 1 is 1.14 bits per heavy atom. The van der Waals surface area contributed by atoms with Crippen LogP contribution in [0.1, 0.15) is 16.1 Å². The van der Waals surface area contributed by atoms with E-state index in [9.17, 15) is 4.79 Å². The van der Waals surface area contributed by atoms with Crippen molar-refractivity contribution in [2.24, 2.45) is 0 Å². The number of aryl methyl sites for hydroxylation is 1. The highest BCUT2D eigenvalue weighted by molar-refractivity contribution is 6.44. The molecule has 1 aromatic heterocycles. The summed E-state index contributed by atoms with van der Waals surface area (Å²) >= 11 is 12.0. The van der Waals surface area contributed by atoms with Gasteiger partial charge in [-0.15, -0.1) is 0 Å². The van der Waals surface area contributed by atoms with E-state index in [-0.39, 0.29) is 11.7 Å². The Kier molecular flexibility index (Phi) is 3.62. The van der Waals surface area contributed by atoms with Crippen LogP contribution in [-0.2, 0) is 0 Å². The lowest BCUT2D eigenvalue weighted by atomic mass is 10.2. The third kappa shape index (κ3) is 2.62. The summed E-state index contributed by atoms with van der Waals surface area (Å²) in [6.45, 7) is 1.93. The van der Waals surface area contributed by atoms with Crippen LogP contribution in [0.25, 0.3) is 11.0 Å². The average Bonchev–Trinajstić information content (AvgIpc) is 2.89. The van der Waals surface area contributed by atoms with Crippen molar-refractivity contribution in [3.8, 4) is 0 Å². The molecule has 3 rings (SSSR count). The van der Waals surface area contributed by atoms with Crippen molar-refractivity contribution < 1.29 is 9.21 Å². The number of hydrogen-bond donors (Lipinski definition) is 1. The topological polar surface area (TPSA) is 42.2 Å². The van der Waals surface area contributed by atoms with Gasteiger partial charge in [0.25, 0.3) is 5.91 Å². The molecular formula is C16H11Cl2NO2. The lowest BCUT2D eigenvalue weighted by molar-refractivity contribution is 0.0998. The predicted molar refractivity (Wildman–Crippen MR) is 85.4 cm³/mol. The smallest absolute Gasteiger partial charge is 0.291 e. The van der Waals surface area contributed by atoms with Gasteiger partial charge in [-0.05, 0) is 30.7 Å². The van der Waals surface area contributed by atoms with E-state index < -0.39 is 0 Å². The van der Waals surface area contributed by atoms with Gasteiger partial charge in [0.15, 0.2) is 5.76 Å². The van der Waals surface area contributed by atoms with Crippen LogP contribution in [0.5, 0.6) is 0 Å². The maximum Gasteiger partial charge on any atom is 0.291 e. The SMILES string of the molecule is Cc1cccc2cc(C(=O)Nc3cccc(Cl)c3Cl)oc12. The minimum Gasteiger partial charge on any atom is -0.451 e. The number of benzene rings is 2. The van der Waals surface area contributed by atoms with Gasteiger partial charge in [-0.25, -0.2) is 0 Å². The molecule has 1 amide bonds. The summed E-state index contributed by atoms with van der Waals surface area (Å²) in [5.41, 5.74) is 2.14. The second-order valence-corrected chi connectivity index (χ2v) is 5.44. The molecule has 3 nitrogen and oxygen atoms in total. The van der Waals surface area contributed by atoms with E-state index in [2.05, 4.69) is 5.32 Å². The number of hydrogen-bond acceptors (Lipinski definition) is 2. The van der Waals surface area contributed by atoms with Crippen LogP contribution < -0.4 is 5.32 Å². The first-order valence-electron chi connectivity index (χ1n) is 6.31. The zero-order valence-corrected chi connectivity index (χ0v) is 12.6. The molecule has 0 bridgehead atoms. The highest BCUT2D eigenvalue weighted by Gasteiger charge is 2.15. The summed E-state index contributed by atoms with van der Waals surface area (Å²) in [7, 11) is 0. The van der Waals surface area contributed by atoms with Gasteiger partial charge >= 0.3 is 0 Å². The van der Waals surface area contributed by atoms with Gasteiger partial charge in [-0.1, -0.05) is 47.5 Å². The van der Waals surface area contributed by atoms with Crippen molar-refractivity contribution in [2.75, 3.05) is 5.32 Å². The molecule has 0 aliphatic heterocycles. The number of fused-ring (bicyclic) bond motifs is 1. The van der Waals surface area contributed by atoms with E-state index in [1.807, 2.05) is 25.1 Å². The van der Waals surface area contributed by atoms with Crippen molar-refractivity contribution in [3.05, 3.63) is 63.8 Å². The van der Waals surface area contributed by atoms with Crippen LogP contribution in [0, 0.1) is 6.92 Å². The molecule has 2 aromatic carbocycles. The molecule has 0 aliphatic rings. The second-order valence-electron chi connectivity index (χ2n) is 4.66. The molecule has 0 saturated carbocycles. The normalized spacial score (nSPS) is 10.8. The Hall–Kier alpha value is -1.97. The summed E-state index contributed by atoms with van der Waals surface area (Å²) in [5, 5.41) is 4.27. The predicted octanol–water partition coefficient (Wildman–Crippen LogP) is 5.30. The summed E-state index contributed by atoms with van der Waals surface area (Å²) in [6.07, 6.45) is 0. The van der Waals surface area contributed by atoms with Crippen LogP contribution >= 0.6 is 23.2 Å². The number of para-hydroxylation sites is 1. The molecule has 0 saturated heterocycles. The molecule has 1 N–H and O–H groups in total. The van der Waals surface area contributed by atoms with Crippen molar-refractivity contribution >= 4 is 45.8 Å². The van der Waals surface area contributed by atoms with Crippen LogP contribution in [-0.4, -0.2) is 5.91 Å². The number of nitrogens with one attached hydrogen (secondary N) is 1. The van der Waals surface area contributed by atoms with Gasteiger partial charge in [0.05, 0.1) is 15.7 Å². The standard InChI is InChI=1S/C16H11Cl2NO2/c1-9-4-2-5-10-8-13(21-15(9)10)16(20)19-12-7-3-6-11(17)14(12)18/h2-8H,1H3,(H,19,20). The Labute approximate surface area is 131 Å². The summed E-state index contributed by atoms with van der Waals surface area (Å²) in [4.78, 5) is 12.3. The van der Waals surface area contributed by atoms with Crippen LogP contribution in [0.3, 0.4) is 0 Å². The third-order valence-corrected chi connectivity index (χ3v) is 3.98. The van der Waals surface area contributed by atoms with Gasteiger partial charge < -0.3 is 9.73 Å². The van der Waals surface area contributed by atoms with Crippen LogP contribution in [0.15, 0.2) is 46.9 Å². The van der Waals surface area contributed by atoms with Gasteiger partial charge in [0.1, 0.15) is 5.58 Å². The van der Waals surface area contributed by atoms with Crippen LogP contribution in [0.4, 0.5) is 5.69 Å². The zero-order chi connectivity index (χ0) is 15.0. The van der Waals surface area contributed by atoms with E-state index in [0.29, 0.717) is 21.3 Å². The van der Waals surface area contributed by atoms with Crippen molar-refractivity contribution in [1.82, 2.24) is 0 Å². The third-order valence-electron chi connectivity index (χ3n) is 3.16. The number of amides is 1. The number of furan rings is 1. The first-order chi connectivity index (χ1) is 10.1. The van der Waals surface area contributed by atoms with Gasteiger partial charge in [0, 0.05) is 5.39 Å². The highest BCUT2D eigenvalue weighted by atomic mass is 35.5. The first-order valence-corrected chi connectivity index (χ1v) is 7.06. The molecule has 3 aromatic rings. The molecule has 0 fully saturated rings. The van der Waals surface area contributed by atoms with Crippen molar-refractivity contribution in [3.63, 3.8) is 0 Å². The number of carbonyl (C=O) groups is 1. The Morgan fingerprint density at radius 2 is 1.90 bits per heavy atom. The average molecular weight is 320 g/mol. The van der Waals surface area contributed by atoms with Gasteiger partial charge in [0.2, 0.25) is 0 Å². The van der Waals surface area contributed by atoms with Crippen molar-refractivity contribution in [2.45, 2.75) is 6.92 Å². The number of anilines is 1. The van der Waals surface area contributed by atoms with Gasteiger partial charge in [-0.3, -0.25) is 4.79 Å². The molecule has 106 valence electrons. The fraction of sp³-hybridized carbons (Fsp3) is 0.0625. The van der Waals surface area contributed by atoms with E-state index >= 15 is 0 Å². The molecule has 0 radical (unpaired) electrons. The Morgan fingerprint density at radius 3 is 2.67 bits per heavy atom. The minimum atomic E-state index is -0.366. The summed E-state index contributed by atoms with van der Waals surface area (Å²) < 4.78 is 5.61. The van der Waals surface area contributed by atoms with Crippen molar-refractivity contribution in [1.29, 1.82) is 0 Å². The molecule has 0 spiro atoms. The first kappa shape index (κ1) is 14.0. The van der Waals surface area contributed by atoms with E-state index in [1.165, 1.54) is 0 Å². The fourth-order valence-electron chi connectivity index (χ4n) is 2.11. The highest BCUT2D eigenvalue weighted by Crippen LogP contribution is 2.30. The van der Waals surface area contributed by atoms with Gasteiger partial charge in [-0.2, -0.15) is 0 Å². The molecule has 0 unspecified atom stereocenters. The quantitative estimate of drug-likeness (QED) is 0.696. The van der Waals surface area contributed by atoms with Crippen LogP contribution in [0.2, 0.25) is 10.0 Å². The molecule has 0 atom stereocenters. The Bertz CT molecular complexity index is 839. The molecule has 5 heteroatoms. The maximum atomic E-state index is 12.3. The molecule has 21 heavy (non-hydrogen) atoms. The van der Waals surface area contributed by atoms with E-state index in [4.69, 9.17) is 27.6 Å². The summed E-state index contributed by atoms with van der Waals surface area (Å²) in [5.74, 6) is -0.134. The second kappa shape index (κ2) is 5.43. The molecular weight excluding hydrogens is 309 g/mol. The number of carbonyl (C=O) groups excluding carboxylic acids is 1. The lowest BCUT2D eigenvalue weighted by Gasteiger charge is -2.06. The number of rotatable bonds is 2. The van der Waals surface area contributed by atoms with E-state index in [0.717, 1.165) is 10.9 Å². The monoisotopic (exact) mass is 319 g/mol. The maximum absolute atomic E-state index is 12.3. The van der Waals surface area contributed by atoms with E-state index in [1.54, 1.807) is 24.3 Å². The lowest BCUT2D eigenvalue weighted by Crippen LogP contribution is -2.11. The minimum absolute atomic E-state index is 0.232.